The van der Waals surface area contributed by atoms with E-state index in [2.05, 4.69) is 10.2 Å². The average Bonchev–Trinajstić information content (AvgIpc) is 3.37. The van der Waals surface area contributed by atoms with Crippen LogP contribution in [0.15, 0.2) is 64.1 Å². The number of carbonyl (C=O) groups is 2. The van der Waals surface area contributed by atoms with Crippen molar-refractivity contribution in [2.24, 2.45) is 0 Å². The topological polar surface area (TPSA) is 97.0 Å². The number of methoxy groups -OCH3 is 1. The van der Waals surface area contributed by atoms with Crippen LogP contribution in [-0.4, -0.2) is 59.5 Å². The molecule has 178 valence electrons. The summed E-state index contributed by atoms with van der Waals surface area (Å²) in [7, 11) is 1.43. The number of pyridine rings is 1. The Kier molecular flexibility index (Phi) is 7.12. The molecular formula is C25H28N4O5. The Morgan fingerprint density at radius 3 is 2.47 bits per heavy atom. The average molecular weight is 465 g/mol. The van der Waals surface area contributed by atoms with Crippen molar-refractivity contribution in [1.29, 1.82) is 0 Å². The van der Waals surface area contributed by atoms with Crippen LogP contribution in [0.4, 0.5) is 5.69 Å². The van der Waals surface area contributed by atoms with E-state index in [1.165, 1.54) is 19.4 Å². The van der Waals surface area contributed by atoms with E-state index in [4.69, 9.17) is 9.15 Å². The Balaban J connectivity index is 1.43. The van der Waals surface area contributed by atoms with E-state index in [1.807, 2.05) is 31.2 Å². The maximum absolute atomic E-state index is 12.7. The maximum atomic E-state index is 12.7. The number of hydrogen-bond donors (Lipinski definition) is 1. The third kappa shape index (κ3) is 5.55. The molecule has 9 heteroatoms. The molecule has 1 aliphatic rings. The van der Waals surface area contributed by atoms with Gasteiger partial charge in [0.05, 0.1) is 19.6 Å². The van der Waals surface area contributed by atoms with Gasteiger partial charge in [0.15, 0.2) is 11.5 Å². The molecule has 9 nitrogen and oxygen atoms in total. The fraction of sp³-hybridized carbons (Fsp3) is 0.320. The van der Waals surface area contributed by atoms with Gasteiger partial charge >= 0.3 is 0 Å². The first kappa shape index (κ1) is 23.3. The second kappa shape index (κ2) is 10.4. The highest BCUT2D eigenvalue weighted by Crippen LogP contribution is 2.15. The van der Waals surface area contributed by atoms with Gasteiger partial charge in [-0.3, -0.25) is 19.3 Å². The zero-order chi connectivity index (χ0) is 24.1. The Hall–Kier alpha value is -3.85. The predicted octanol–water partition coefficient (Wildman–Crippen LogP) is 2.36. The van der Waals surface area contributed by atoms with Crippen LogP contribution in [-0.2, 0) is 17.9 Å². The SMILES string of the molecule is COc1cn(CC(=O)Nc2ccc(C)cc2)c(CN2CCN(C(=O)c3ccco3)CC2)cc1=O. The van der Waals surface area contributed by atoms with Crippen LogP contribution >= 0.6 is 0 Å². The van der Waals surface area contributed by atoms with Gasteiger partial charge in [-0.1, -0.05) is 17.7 Å². The maximum Gasteiger partial charge on any atom is 0.289 e. The summed E-state index contributed by atoms with van der Waals surface area (Å²) in [6, 6.07) is 12.4. The largest absolute Gasteiger partial charge is 0.491 e. The highest BCUT2D eigenvalue weighted by Gasteiger charge is 2.24. The highest BCUT2D eigenvalue weighted by atomic mass is 16.5. The number of hydrogen-bond acceptors (Lipinski definition) is 6. The number of furan rings is 1. The molecule has 0 aliphatic carbocycles. The van der Waals surface area contributed by atoms with Crippen LogP contribution in [0, 0.1) is 6.92 Å². The molecule has 1 aliphatic heterocycles. The molecule has 0 saturated carbocycles. The molecular weight excluding hydrogens is 436 g/mol. The second-order valence-electron chi connectivity index (χ2n) is 8.29. The number of piperazine rings is 1. The summed E-state index contributed by atoms with van der Waals surface area (Å²) in [5.41, 5.74) is 2.29. The highest BCUT2D eigenvalue weighted by molar-refractivity contribution is 5.91. The summed E-state index contributed by atoms with van der Waals surface area (Å²) < 4.78 is 12.1. The lowest BCUT2D eigenvalue weighted by molar-refractivity contribution is -0.116. The molecule has 2 amide bonds. The summed E-state index contributed by atoms with van der Waals surface area (Å²) in [6.45, 7) is 4.87. The molecule has 0 radical (unpaired) electrons. The molecule has 1 aromatic carbocycles. The Bertz CT molecular complexity index is 1190. The number of anilines is 1. The van der Waals surface area contributed by atoms with Crippen LogP contribution in [0.3, 0.4) is 0 Å². The molecule has 1 saturated heterocycles. The lowest BCUT2D eigenvalue weighted by Gasteiger charge is -2.34. The van der Waals surface area contributed by atoms with Crippen LogP contribution in [0.1, 0.15) is 21.8 Å². The van der Waals surface area contributed by atoms with Crippen LogP contribution in [0.5, 0.6) is 5.75 Å². The zero-order valence-electron chi connectivity index (χ0n) is 19.3. The van der Waals surface area contributed by atoms with Crippen LogP contribution < -0.4 is 15.5 Å². The number of rotatable bonds is 7. The minimum Gasteiger partial charge on any atom is -0.491 e. The number of nitrogens with one attached hydrogen (secondary N) is 1. The zero-order valence-corrected chi connectivity index (χ0v) is 19.3. The van der Waals surface area contributed by atoms with E-state index in [0.29, 0.717) is 49.9 Å². The Labute approximate surface area is 197 Å². The minimum atomic E-state index is -0.237. The van der Waals surface area contributed by atoms with E-state index in [0.717, 1.165) is 5.56 Å². The molecule has 1 fully saturated rings. The van der Waals surface area contributed by atoms with Gasteiger partial charge in [-0.2, -0.15) is 0 Å². The third-order valence-corrected chi connectivity index (χ3v) is 5.83. The molecule has 34 heavy (non-hydrogen) atoms. The smallest absolute Gasteiger partial charge is 0.289 e. The fourth-order valence-electron chi connectivity index (χ4n) is 3.92. The monoisotopic (exact) mass is 464 g/mol. The number of aromatic nitrogens is 1. The summed E-state index contributed by atoms with van der Waals surface area (Å²) in [4.78, 5) is 41.5. The summed E-state index contributed by atoms with van der Waals surface area (Å²) in [5, 5.41) is 2.89. The molecule has 0 bridgehead atoms. The van der Waals surface area contributed by atoms with Gasteiger partial charge in [0.25, 0.3) is 5.91 Å². The Morgan fingerprint density at radius 2 is 1.82 bits per heavy atom. The summed E-state index contributed by atoms with van der Waals surface area (Å²) in [6.07, 6.45) is 3.06. The van der Waals surface area contributed by atoms with Crippen molar-refractivity contribution in [1.82, 2.24) is 14.4 Å². The van der Waals surface area contributed by atoms with Crippen LogP contribution in [0.25, 0.3) is 0 Å². The number of amides is 2. The van der Waals surface area contributed by atoms with Crippen molar-refractivity contribution in [2.75, 3.05) is 38.6 Å². The van der Waals surface area contributed by atoms with E-state index < -0.39 is 0 Å². The first-order chi connectivity index (χ1) is 16.4. The summed E-state index contributed by atoms with van der Waals surface area (Å²) in [5.74, 6) is 0.182. The first-order valence-electron chi connectivity index (χ1n) is 11.1. The Morgan fingerprint density at radius 1 is 1.09 bits per heavy atom. The number of carbonyl (C=O) groups excluding carboxylic acids is 2. The van der Waals surface area contributed by atoms with Gasteiger partial charge in [-0.05, 0) is 31.2 Å². The van der Waals surface area contributed by atoms with E-state index in [1.54, 1.807) is 27.8 Å². The van der Waals surface area contributed by atoms with Gasteiger partial charge in [-0.25, -0.2) is 0 Å². The quantitative estimate of drug-likeness (QED) is 0.577. The molecule has 2 aromatic heterocycles. The van der Waals surface area contributed by atoms with E-state index >= 15 is 0 Å². The third-order valence-electron chi connectivity index (χ3n) is 5.83. The van der Waals surface area contributed by atoms with E-state index in [9.17, 15) is 14.4 Å². The number of nitrogens with zero attached hydrogens (tertiary/aromatic N) is 3. The van der Waals surface area contributed by atoms with Gasteiger partial charge in [0, 0.05) is 50.2 Å². The molecule has 4 rings (SSSR count). The lowest BCUT2D eigenvalue weighted by atomic mass is 10.2. The molecule has 0 spiro atoms. The lowest BCUT2D eigenvalue weighted by Crippen LogP contribution is -2.48. The molecule has 3 heterocycles. The molecule has 1 N–H and O–H groups in total. The van der Waals surface area contributed by atoms with Crippen molar-refractivity contribution < 1.29 is 18.7 Å². The van der Waals surface area contributed by atoms with Crippen molar-refractivity contribution in [3.05, 3.63) is 82.2 Å². The number of benzene rings is 1. The standard InChI is InChI=1S/C25H28N4O5/c1-18-5-7-19(8-6-18)26-24(31)17-29-16-23(33-2)21(30)14-20(29)15-27-9-11-28(12-10-27)25(32)22-4-3-13-34-22/h3-8,13-14,16H,9-12,15,17H2,1-2H3,(H,26,31). The fourth-order valence-corrected chi connectivity index (χ4v) is 3.92. The molecule has 3 aromatic rings. The van der Waals surface area contributed by atoms with Gasteiger partial charge in [-0.15, -0.1) is 0 Å². The second-order valence-corrected chi connectivity index (χ2v) is 8.29. The van der Waals surface area contributed by atoms with Crippen molar-refractivity contribution in [2.45, 2.75) is 20.0 Å². The number of ether oxygens (including phenoxy) is 1. The van der Waals surface area contributed by atoms with Gasteiger partial charge in [0.1, 0.15) is 6.54 Å². The first-order valence-corrected chi connectivity index (χ1v) is 11.1. The van der Waals surface area contributed by atoms with E-state index in [-0.39, 0.29) is 29.5 Å². The van der Waals surface area contributed by atoms with Crippen LogP contribution in [0.2, 0.25) is 0 Å². The normalized spacial score (nSPS) is 14.1. The van der Waals surface area contributed by atoms with Crippen molar-refractivity contribution in [3.8, 4) is 5.75 Å². The van der Waals surface area contributed by atoms with Gasteiger partial charge in [0.2, 0.25) is 11.3 Å². The minimum absolute atomic E-state index is 0.0385. The summed E-state index contributed by atoms with van der Waals surface area (Å²) >= 11 is 0. The predicted molar refractivity (Wildman–Crippen MR) is 127 cm³/mol. The molecule has 0 atom stereocenters. The number of aryl methyl sites for hydroxylation is 1. The van der Waals surface area contributed by atoms with Crippen molar-refractivity contribution in [3.63, 3.8) is 0 Å². The molecule has 0 unspecified atom stereocenters. The van der Waals surface area contributed by atoms with Crippen molar-refractivity contribution >= 4 is 17.5 Å². The van der Waals surface area contributed by atoms with Gasteiger partial charge < -0.3 is 23.9 Å².